The van der Waals surface area contributed by atoms with Crippen LogP contribution in [0.1, 0.15) is 57.6 Å². The van der Waals surface area contributed by atoms with Gasteiger partial charge in [-0.05, 0) is 76.3 Å². The Bertz CT molecular complexity index is 1150. The first-order valence-electron chi connectivity index (χ1n) is 14.2. The van der Waals surface area contributed by atoms with Crippen molar-refractivity contribution < 1.29 is 24.0 Å². The Morgan fingerprint density at radius 2 is 1.68 bits per heavy atom. The van der Waals surface area contributed by atoms with Crippen LogP contribution in [0.2, 0.25) is 0 Å². The predicted octanol–water partition coefficient (Wildman–Crippen LogP) is 2.18. The Labute approximate surface area is 242 Å². The van der Waals surface area contributed by atoms with Gasteiger partial charge in [-0.1, -0.05) is 36.4 Å². The Morgan fingerprint density at radius 1 is 1.02 bits per heavy atom. The number of rotatable bonds is 12. The summed E-state index contributed by atoms with van der Waals surface area (Å²) in [6, 6.07) is 4.80. The Morgan fingerprint density at radius 3 is 2.27 bits per heavy atom. The molecule has 10 nitrogen and oxygen atoms in total. The summed E-state index contributed by atoms with van der Waals surface area (Å²) in [7, 11) is 0. The first-order valence-corrected chi connectivity index (χ1v) is 14.2. The number of Topliss-reactive ketones (excluding diaryl/α,β-unsaturated/α-hetero) is 1. The molecule has 41 heavy (non-hydrogen) atoms. The van der Waals surface area contributed by atoms with Gasteiger partial charge in [0.1, 0.15) is 12.1 Å². The van der Waals surface area contributed by atoms with E-state index in [9.17, 15) is 24.0 Å². The van der Waals surface area contributed by atoms with E-state index in [0.717, 1.165) is 11.1 Å². The molecule has 0 aromatic heterocycles. The van der Waals surface area contributed by atoms with Crippen LogP contribution in [-0.2, 0) is 32.0 Å². The second-order valence-electron chi connectivity index (χ2n) is 11.7. The summed E-state index contributed by atoms with van der Waals surface area (Å²) in [5.74, 6) is -2.58. The highest BCUT2D eigenvalue weighted by atomic mass is 16.2. The lowest BCUT2D eigenvalue weighted by Gasteiger charge is -2.33. The number of amides is 5. The average Bonchev–Trinajstić information content (AvgIpc) is 3.58. The summed E-state index contributed by atoms with van der Waals surface area (Å²) in [6.07, 6.45) is 5.95. The molecule has 0 bridgehead atoms. The summed E-state index contributed by atoms with van der Waals surface area (Å²) >= 11 is 0. The highest BCUT2D eigenvalue weighted by Gasteiger charge is 2.43. The molecular weight excluding hydrogens is 522 g/mol. The maximum Gasteiger partial charge on any atom is 0.315 e. The number of ketones is 1. The normalized spacial score (nSPS) is 18.0. The van der Waals surface area contributed by atoms with E-state index in [2.05, 4.69) is 34.4 Å². The number of nitrogens with zero attached hydrogens (tertiary/aromatic N) is 1. The van der Waals surface area contributed by atoms with Crippen LogP contribution in [0, 0.1) is 5.92 Å². The van der Waals surface area contributed by atoms with Gasteiger partial charge >= 0.3 is 6.03 Å². The quantitative estimate of drug-likeness (QED) is 0.228. The van der Waals surface area contributed by atoms with E-state index in [1.165, 1.54) is 11.0 Å². The molecular formula is C31H43N5O5. The lowest BCUT2D eigenvalue weighted by molar-refractivity contribution is -0.143. The van der Waals surface area contributed by atoms with Gasteiger partial charge in [0.2, 0.25) is 17.6 Å². The van der Waals surface area contributed by atoms with E-state index in [1.807, 2.05) is 45.0 Å². The van der Waals surface area contributed by atoms with Gasteiger partial charge < -0.3 is 26.2 Å². The molecule has 5 amide bonds. The molecule has 222 valence electrons. The van der Waals surface area contributed by atoms with Crippen molar-refractivity contribution >= 4 is 29.5 Å². The van der Waals surface area contributed by atoms with Crippen molar-refractivity contribution in [1.29, 1.82) is 0 Å². The summed E-state index contributed by atoms with van der Waals surface area (Å²) in [5.41, 5.74) is 1.78. The van der Waals surface area contributed by atoms with Crippen molar-refractivity contribution in [1.82, 2.24) is 26.2 Å². The zero-order valence-corrected chi connectivity index (χ0v) is 24.3. The molecule has 0 saturated carbocycles. The summed E-state index contributed by atoms with van der Waals surface area (Å²) < 4.78 is 0. The first-order chi connectivity index (χ1) is 19.4. The molecule has 10 heteroatoms. The largest absolute Gasteiger partial charge is 0.346 e. The molecule has 1 heterocycles. The maximum absolute atomic E-state index is 14.1. The van der Waals surface area contributed by atoms with E-state index < -0.39 is 47.3 Å². The van der Waals surface area contributed by atoms with Crippen LogP contribution in [-0.4, -0.2) is 71.2 Å². The van der Waals surface area contributed by atoms with Crippen molar-refractivity contribution in [3.05, 3.63) is 60.7 Å². The molecule has 1 fully saturated rings. The molecule has 3 atom stereocenters. The zero-order valence-electron chi connectivity index (χ0n) is 24.3. The van der Waals surface area contributed by atoms with Crippen LogP contribution in [0.4, 0.5) is 4.79 Å². The molecule has 3 rings (SSSR count). The van der Waals surface area contributed by atoms with Gasteiger partial charge in [0.15, 0.2) is 0 Å². The molecule has 1 aromatic carbocycles. The van der Waals surface area contributed by atoms with Gasteiger partial charge in [0, 0.05) is 18.6 Å². The minimum absolute atomic E-state index is 0.125. The average molecular weight is 566 g/mol. The fourth-order valence-electron chi connectivity index (χ4n) is 5.44. The highest BCUT2D eigenvalue weighted by molar-refractivity contribution is 6.38. The fourth-order valence-corrected chi connectivity index (χ4v) is 5.44. The van der Waals surface area contributed by atoms with Gasteiger partial charge in [-0.15, -0.1) is 13.2 Å². The van der Waals surface area contributed by atoms with Crippen LogP contribution in [0.3, 0.4) is 0 Å². The Kier molecular flexibility index (Phi) is 10.9. The van der Waals surface area contributed by atoms with Gasteiger partial charge in [-0.3, -0.25) is 19.2 Å². The minimum Gasteiger partial charge on any atom is -0.346 e. The van der Waals surface area contributed by atoms with Gasteiger partial charge in [-0.2, -0.15) is 0 Å². The number of urea groups is 1. The second kappa shape index (κ2) is 14.1. The van der Waals surface area contributed by atoms with Crippen LogP contribution in [0.5, 0.6) is 0 Å². The van der Waals surface area contributed by atoms with Gasteiger partial charge in [-0.25, -0.2) is 4.79 Å². The Hall–Kier alpha value is -3.95. The first kappa shape index (κ1) is 31.6. The molecule has 4 N–H and O–H groups in total. The third-order valence-corrected chi connectivity index (χ3v) is 7.36. The van der Waals surface area contributed by atoms with Crippen molar-refractivity contribution in [2.75, 3.05) is 13.1 Å². The van der Waals surface area contributed by atoms with Gasteiger partial charge in [0.25, 0.3) is 5.91 Å². The number of likely N-dealkylation sites (tertiary alicyclic amines) is 1. The number of nitrogens with one attached hydrogen (secondary N) is 4. The minimum atomic E-state index is -1.06. The van der Waals surface area contributed by atoms with Crippen molar-refractivity contribution in [2.45, 2.75) is 83.0 Å². The maximum atomic E-state index is 14.1. The molecule has 0 spiro atoms. The summed E-state index contributed by atoms with van der Waals surface area (Å²) in [6.45, 7) is 13.2. The molecule has 1 aliphatic carbocycles. The number of carbonyl (C=O) groups excluding carboxylic acids is 5. The van der Waals surface area contributed by atoms with E-state index in [-0.39, 0.29) is 24.8 Å². The van der Waals surface area contributed by atoms with Gasteiger partial charge in [0.05, 0.1) is 6.04 Å². The van der Waals surface area contributed by atoms with E-state index in [4.69, 9.17) is 0 Å². The zero-order chi connectivity index (χ0) is 30.2. The number of benzene rings is 1. The number of fused-ring (bicyclic) bond motifs is 1. The summed E-state index contributed by atoms with van der Waals surface area (Å²) in [5, 5.41) is 10.9. The van der Waals surface area contributed by atoms with Crippen molar-refractivity contribution in [3.63, 3.8) is 0 Å². The molecule has 1 aromatic rings. The third kappa shape index (κ3) is 8.52. The smallest absolute Gasteiger partial charge is 0.315 e. The second-order valence-corrected chi connectivity index (χ2v) is 11.7. The van der Waals surface area contributed by atoms with E-state index in [1.54, 1.807) is 6.08 Å². The van der Waals surface area contributed by atoms with E-state index >= 15 is 0 Å². The molecule has 0 radical (unpaired) electrons. The topological polar surface area (TPSA) is 137 Å². The van der Waals surface area contributed by atoms with Crippen molar-refractivity contribution in [2.24, 2.45) is 5.92 Å². The molecule has 1 aliphatic heterocycles. The molecule has 1 unspecified atom stereocenters. The number of allylic oxidation sites excluding steroid dienone is 1. The lowest BCUT2D eigenvalue weighted by Crippen LogP contribution is -2.60. The fraction of sp³-hybridized carbons (Fsp3) is 0.516. The highest BCUT2D eigenvalue weighted by Crippen LogP contribution is 2.31. The molecule has 1 saturated heterocycles. The van der Waals surface area contributed by atoms with Crippen LogP contribution in [0.25, 0.3) is 0 Å². The third-order valence-electron chi connectivity index (χ3n) is 7.36. The number of hydrogen-bond acceptors (Lipinski definition) is 5. The molecule has 2 aliphatic rings. The van der Waals surface area contributed by atoms with E-state index in [0.29, 0.717) is 38.6 Å². The Balaban J connectivity index is 1.79. The monoisotopic (exact) mass is 565 g/mol. The van der Waals surface area contributed by atoms with Crippen molar-refractivity contribution in [3.8, 4) is 0 Å². The SMILES string of the molecule is C=CCCC(NC(=O)[C@@H]1CCCN1C(=O)[C@@H](NC(=O)NC(C)(C)C)C1Cc2ccccc2C1)C(=O)C(=O)NCC=C. The number of hydrogen-bond donors (Lipinski definition) is 4. The standard InChI is InChI=1S/C31H43N5O5/c1-6-8-14-23(26(37)28(39)32-16-7-2)33-27(38)24-15-11-17-36(24)29(40)25(34-30(41)35-31(3,4)5)22-18-20-12-9-10-13-21(20)19-22/h6-7,9-10,12-13,22-25H,1-2,8,11,14-19H2,3-5H3,(H,32,39)(H,33,38)(H2,34,35,41)/t23?,24-,25-/m0/s1. The van der Waals surface area contributed by atoms with Crippen LogP contribution >= 0.6 is 0 Å². The lowest BCUT2D eigenvalue weighted by atomic mass is 9.94. The van der Waals surface area contributed by atoms with Crippen LogP contribution < -0.4 is 21.3 Å². The summed E-state index contributed by atoms with van der Waals surface area (Å²) in [4.78, 5) is 67.1. The predicted molar refractivity (Wildman–Crippen MR) is 157 cm³/mol. The number of carbonyl (C=O) groups is 5. The van der Waals surface area contributed by atoms with Crippen LogP contribution in [0.15, 0.2) is 49.6 Å².